The number of hydrogen-bond acceptors (Lipinski definition) is 3. The van der Waals surface area contributed by atoms with E-state index in [4.69, 9.17) is 11.1 Å². The molecule has 1 atom stereocenters. The van der Waals surface area contributed by atoms with Crippen molar-refractivity contribution in [1.82, 2.24) is 8.61 Å². The van der Waals surface area contributed by atoms with E-state index < -0.39 is 16.3 Å². The van der Waals surface area contributed by atoms with E-state index in [1.54, 1.807) is 7.05 Å². The van der Waals surface area contributed by atoms with E-state index in [9.17, 15) is 8.42 Å². The first kappa shape index (κ1) is 14.4. The van der Waals surface area contributed by atoms with Gasteiger partial charge in [0.1, 0.15) is 5.84 Å². The van der Waals surface area contributed by atoms with Gasteiger partial charge in [-0.05, 0) is 26.7 Å². The fraction of sp³-hybridized carbons (Fsp3) is 0.900. The van der Waals surface area contributed by atoms with Crippen molar-refractivity contribution in [3.63, 3.8) is 0 Å². The summed E-state index contributed by atoms with van der Waals surface area (Å²) in [6, 6.07) is -0.579. The van der Waals surface area contributed by atoms with Gasteiger partial charge < -0.3 is 5.73 Å². The molecule has 0 amide bonds. The number of amidine groups is 1. The second-order valence-electron chi connectivity index (χ2n) is 4.70. The Hall–Kier alpha value is -0.660. The van der Waals surface area contributed by atoms with Crippen LogP contribution in [0, 0.1) is 5.41 Å². The average molecular weight is 262 g/mol. The highest BCUT2D eigenvalue weighted by atomic mass is 32.2. The third-order valence-electron chi connectivity index (χ3n) is 3.20. The number of piperidine rings is 1. The van der Waals surface area contributed by atoms with Gasteiger partial charge in [0.05, 0.1) is 6.04 Å². The maximum absolute atomic E-state index is 12.3. The van der Waals surface area contributed by atoms with Crippen molar-refractivity contribution in [2.45, 2.75) is 45.2 Å². The Morgan fingerprint density at radius 2 is 2.06 bits per heavy atom. The molecule has 3 N–H and O–H groups in total. The molecule has 1 aliphatic rings. The fourth-order valence-corrected chi connectivity index (χ4v) is 3.69. The molecule has 0 bridgehead atoms. The van der Waals surface area contributed by atoms with Gasteiger partial charge in [-0.25, -0.2) is 0 Å². The largest absolute Gasteiger partial charge is 0.386 e. The molecule has 100 valence electrons. The third kappa shape index (κ3) is 2.97. The molecule has 1 aliphatic heterocycles. The second-order valence-corrected chi connectivity index (χ2v) is 6.64. The monoisotopic (exact) mass is 262 g/mol. The predicted molar refractivity (Wildman–Crippen MR) is 68.1 cm³/mol. The zero-order valence-electron chi connectivity index (χ0n) is 10.7. The van der Waals surface area contributed by atoms with Crippen LogP contribution < -0.4 is 5.73 Å². The van der Waals surface area contributed by atoms with E-state index >= 15 is 0 Å². The van der Waals surface area contributed by atoms with E-state index in [1.165, 1.54) is 8.61 Å². The smallest absolute Gasteiger partial charge is 0.282 e. The van der Waals surface area contributed by atoms with Crippen LogP contribution in [0.15, 0.2) is 0 Å². The molecule has 1 heterocycles. The van der Waals surface area contributed by atoms with Crippen LogP contribution in [-0.4, -0.2) is 48.5 Å². The summed E-state index contributed by atoms with van der Waals surface area (Å²) in [5.74, 6) is -0.0644. The number of nitrogens with zero attached hydrogens (tertiary/aromatic N) is 2. The summed E-state index contributed by atoms with van der Waals surface area (Å²) >= 11 is 0. The van der Waals surface area contributed by atoms with Crippen molar-refractivity contribution in [2.75, 3.05) is 13.6 Å². The molecule has 6 nitrogen and oxygen atoms in total. The van der Waals surface area contributed by atoms with Crippen LogP contribution >= 0.6 is 0 Å². The van der Waals surface area contributed by atoms with Gasteiger partial charge in [0.15, 0.2) is 0 Å². The van der Waals surface area contributed by atoms with Crippen molar-refractivity contribution >= 4 is 16.0 Å². The Morgan fingerprint density at radius 1 is 1.47 bits per heavy atom. The maximum atomic E-state index is 12.3. The molecule has 0 aromatic rings. The highest BCUT2D eigenvalue weighted by Gasteiger charge is 2.37. The first-order valence-electron chi connectivity index (χ1n) is 5.87. The minimum absolute atomic E-state index is 0.0644. The zero-order chi connectivity index (χ0) is 13.2. The van der Waals surface area contributed by atoms with Gasteiger partial charge in [0, 0.05) is 19.6 Å². The molecule has 0 aliphatic carbocycles. The van der Waals surface area contributed by atoms with Gasteiger partial charge in [0.25, 0.3) is 10.2 Å². The van der Waals surface area contributed by atoms with Crippen LogP contribution in [-0.2, 0) is 10.2 Å². The Balaban J connectivity index is 2.99. The highest BCUT2D eigenvalue weighted by molar-refractivity contribution is 7.86. The van der Waals surface area contributed by atoms with Crippen LogP contribution in [0.1, 0.15) is 33.1 Å². The van der Waals surface area contributed by atoms with E-state index in [0.717, 1.165) is 12.8 Å². The molecule has 7 heteroatoms. The molecule has 1 unspecified atom stereocenters. The van der Waals surface area contributed by atoms with Crippen LogP contribution in [0.25, 0.3) is 0 Å². The summed E-state index contributed by atoms with van der Waals surface area (Å²) in [7, 11) is -1.95. The first-order chi connectivity index (χ1) is 7.78. The highest BCUT2D eigenvalue weighted by Crippen LogP contribution is 2.22. The Kier molecular flexibility index (Phi) is 4.51. The van der Waals surface area contributed by atoms with Gasteiger partial charge in [-0.3, -0.25) is 5.41 Å². The molecule has 0 aromatic heterocycles. The third-order valence-corrected chi connectivity index (χ3v) is 5.38. The molecule has 0 aromatic carbocycles. The molecule has 0 spiro atoms. The van der Waals surface area contributed by atoms with Gasteiger partial charge >= 0.3 is 0 Å². The van der Waals surface area contributed by atoms with E-state index in [2.05, 4.69) is 0 Å². The van der Waals surface area contributed by atoms with Crippen LogP contribution in [0.4, 0.5) is 0 Å². The Labute approximate surface area is 103 Å². The van der Waals surface area contributed by atoms with Crippen LogP contribution in [0.2, 0.25) is 0 Å². The topological polar surface area (TPSA) is 90.5 Å². The van der Waals surface area contributed by atoms with Crippen LogP contribution in [0.3, 0.4) is 0 Å². The predicted octanol–water partition coefficient (Wildman–Crippen LogP) is 0.362. The molecule has 0 saturated carbocycles. The van der Waals surface area contributed by atoms with Gasteiger partial charge in [0.2, 0.25) is 0 Å². The lowest BCUT2D eigenvalue weighted by Crippen LogP contribution is -2.55. The SMILES string of the molecule is CC(C)N(C)S(=O)(=O)N1CCCCC1C(=N)N. The number of nitrogens with one attached hydrogen (secondary N) is 1. The van der Waals surface area contributed by atoms with Crippen LogP contribution in [0.5, 0.6) is 0 Å². The zero-order valence-corrected chi connectivity index (χ0v) is 11.5. The van der Waals surface area contributed by atoms with Crippen molar-refractivity contribution in [2.24, 2.45) is 5.73 Å². The van der Waals surface area contributed by atoms with Gasteiger partial charge in [-0.15, -0.1) is 0 Å². The lowest BCUT2D eigenvalue weighted by molar-refractivity contribution is 0.271. The van der Waals surface area contributed by atoms with Crippen molar-refractivity contribution in [1.29, 1.82) is 5.41 Å². The lowest BCUT2D eigenvalue weighted by Gasteiger charge is -2.37. The number of rotatable bonds is 4. The normalized spacial score (nSPS) is 23.2. The summed E-state index contributed by atoms with van der Waals surface area (Å²) in [6.07, 6.45) is 2.39. The summed E-state index contributed by atoms with van der Waals surface area (Å²) in [5, 5.41) is 7.50. The Bertz CT molecular complexity index is 380. The van der Waals surface area contributed by atoms with Crippen molar-refractivity contribution in [3.8, 4) is 0 Å². The number of hydrogen-bond donors (Lipinski definition) is 2. The van der Waals surface area contributed by atoms with Gasteiger partial charge in [-0.1, -0.05) is 6.42 Å². The molecule has 1 fully saturated rings. The summed E-state index contributed by atoms with van der Waals surface area (Å²) in [4.78, 5) is 0. The molecular formula is C10H22N4O2S. The molecule has 1 rings (SSSR count). The standard InChI is InChI=1S/C10H22N4O2S/c1-8(2)13(3)17(15,16)14-7-5-4-6-9(14)10(11)12/h8-9H,4-7H2,1-3H3,(H3,11,12). The Morgan fingerprint density at radius 3 is 2.53 bits per heavy atom. The summed E-state index contributed by atoms with van der Waals surface area (Å²) in [5.41, 5.74) is 5.49. The average Bonchev–Trinajstić information content (AvgIpc) is 2.27. The fourth-order valence-electron chi connectivity index (χ4n) is 1.92. The lowest BCUT2D eigenvalue weighted by atomic mass is 10.0. The minimum Gasteiger partial charge on any atom is -0.386 e. The first-order valence-corrected chi connectivity index (χ1v) is 7.27. The second kappa shape index (κ2) is 5.32. The van der Waals surface area contributed by atoms with E-state index in [1.807, 2.05) is 13.8 Å². The van der Waals surface area contributed by atoms with Crippen molar-refractivity contribution < 1.29 is 8.42 Å². The molecule has 0 radical (unpaired) electrons. The molecule has 1 saturated heterocycles. The quantitative estimate of drug-likeness (QED) is 0.566. The maximum Gasteiger partial charge on any atom is 0.282 e. The number of nitrogens with two attached hydrogens (primary N) is 1. The summed E-state index contributed by atoms with van der Waals surface area (Å²) < 4.78 is 27.4. The summed E-state index contributed by atoms with van der Waals surface area (Å²) in [6.45, 7) is 4.10. The van der Waals surface area contributed by atoms with Crippen molar-refractivity contribution in [3.05, 3.63) is 0 Å². The minimum atomic E-state index is -3.51. The molecule has 17 heavy (non-hydrogen) atoms. The van der Waals surface area contributed by atoms with E-state index in [-0.39, 0.29) is 11.9 Å². The van der Waals surface area contributed by atoms with Gasteiger partial charge in [-0.2, -0.15) is 17.0 Å². The van der Waals surface area contributed by atoms with E-state index in [0.29, 0.717) is 13.0 Å². The molecular weight excluding hydrogens is 240 g/mol.